The van der Waals surface area contributed by atoms with Gasteiger partial charge in [-0.15, -0.1) is 5.10 Å². The molecule has 0 spiro atoms. The van der Waals surface area contributed by atoms with Gasteiger partial charge in [-0.05, 0) is 38.5 Å². The molecule has 0 unspecified atom stereocenters. The number of hydrogen-bond acceptors (Lipinski definition) is 8. The maximum Gasteiger partial charge on any atom is 0.277 e. The van der Waals surface area contributed by atoms with Gasteiger partial charge in [-0.25, -0.2) is 17.9 Å². The highest BCUT2D eigenvalue weighted by molar-refractivity contribution is 7.89. The van der Waals surface area contributed by atoms with E-state index in [1.807, 2.05) is 6.92 Å². The van der Waals surface area contributed by atoms with Gasteiger partial charge >= 0.3 is 0 Å². The van der Waals surface area contributed by atoms with Gasteiger partial charge in [0, 0.05) is 32.4 Å². The minimum absolute atomic E-state index is 0.103. The van der Waals surface area contributed by atoms with Crippen LogP contribution in [0.4, 0.5) is 0 Å². The van der Waals surface area contributed by atoms with Gasteiger partial charge < -0.3 is 14.6 Å². The predicted octanol–water partition coefficient (Wildman–Crippen LogP) is 3.31. The van der Waals surface area contributed by atoms with Crippen molar-refractivity contribution in [1.29, 1.82) is 0 Å². The molecule has 1 N–H and O–H groups in total. The second-order valence-corrected chi connectivity index (χ2v) is 10.9. The van der Waals surface area contributed by atoms with Crippen LogP contribution in [0.1, 0.15) is 57.5 Å². The molecule has 11 nitrogen and oxygen atoms in total. The Morgan fingerprint density at radius 2 is 1.92 bits per heavy atom. The van der Waals surface area contributed by atoms with Crippen LogP contribution in [-0.2, 0) is 21.3 Å². The summed E-state index contributed by atoms with van der Waals surface area (Å²) in [7, 11) is -2.31. The Morgan fingerprint density at radius 3 is 2.59 bits per heavy atom. The number of unbranched alkanes of at least 4 members (excludes halogenated alkanes) is 2. The topological polar surface area (TPSA) is 131 Å². The lowest BCUT2D eigenvalue weighted by Crippen LogP contribution is -2.38. The van der Waals surface area contributed by atoms with Crippen LogP contribution in [0.25, 0.3) is 16.9 Å². The number of nitrogens with one attached hydrogen (secondary N) is 1. The molecule has 1 fully saturated rings. The lowest BCUT2D eigenvalue weighted by molar-refractivity contribution is 0.209. The number of hydrogen-bond donors (Lipinski definition) is 1. The largest absolute Gasteiger partial charge is 0.493 e. The zero-order valence-electron chi connectivity index (χ0n) is 21.8. The predicted molar refractivity (Wildman–Crippen MR) is 141 cm³/mol. The van der Waals surface area contributed by atoms with E-state index in [-0.39, 0.29) is 16.3 Å². The second-order valence-electron chi connectivity index (χ2n) is 8.97. The monoisotopic (exact) mass is 530 g/mol. The summed E-state index contributed by atoms with van der Waals surface area (Å²) in [5, 5.41) is 8.65. The van der Waals surface area contributed by atoms with Crippen molar-refractivity contribution in [3.05, 3.63) is 40.1 Å². The molecular formula is C25H34N6O5S. The average Bonchev–Trinajstić information content (AvgIpc) is 3.20. The Morgan fingerprint density at radius 1 is 1.16 bits per heavy atom. The number of benzene rings is 1. The van der Waals surface area contributed by atoms with Gasteiger partial charge in [0.2, 0.25) is 10.0 Å². The number of aromatic amines is 1. The summed E-state index contributed by atoms with van der Waals surface area (Å²) in [5.41, 5.74) is 1.88. The standard InChI is InChI=1S/C25H34N6O5S/c1-5-7-8-9-22-26-17(3)23-25(32)27-24(28-31(22)23)20-16-19(10-11-21(20)36-6-2)37(33,34)30-14-12-18(13-15-30)29-35-4/h10-11,16H,5-9,12-15H2,1-4H3,(H,27,28,32). The molecule has 0 radical (unpaired) electrons. The number of fused-ring (bicyclic) bond motifs is 1. The normalized spacial score (nSPS) is 14.8. The maximum atomic E-state index is 13.5. The highest BCUT2D eigenvalue weighted by atomic mass is 32.2. The fourth-order valence-electron chi connectivity index (χ4n) is 4.54. The number of imidazole rings is 1. The van der Waals surface area contributed by atoms with Crippen LogP contribution in [0.3, 0.4) is 0 Å². The molecule has 0 amide bonds. The molecule has 0 bridgehead atoms. The van der Waals surface area contributed by atoms with Gasteiger partial charge in [0.1, 0.15) is 18.7 Å². The highest BCUT2D eigenvalue weighted by Crippen LogP contribution is 2.32. The number of aromatic nitrogens is 4. The van der Waals surface area contributed by atoms with E-state index in [1.54, 1.807) is 17.5 Å². The summed E-state index contributed by atoms with van der Waals surface area (Å²) in [4.78, 5) is 25.4. The van der Waals surface area contributed by atoms with Crippen LogP contribution in [0.15, 0.2) is 33.0 Å². The van der Waals surface area contributed by atoms with E-state index in [0.717, 1.165) is 25.0 Å². The molecule has 1 aromatic carbocycles. The molecule has 37 heavy (non-hydrogen) atoms. The molecule has 0 saturated carbocycles. The van der Waals surface area contributed by atoms with E-state index >= 15 is 0 Å². The third-order valence-electron chi connectivity index (χ3n) is 6.41. The minimum Gasteiger partial charge on any atom is -0.493 e. The number of piperidine rings is 1. The van der Waals surface area contributed by atoms with Crippen LogP contribution in [-0.4, -0.2) is 64.8 Å². The number of aryl methyl sites for hydroxylation is 2. The van der Waals surface area contributed by atoms with Gasteiger partial charge in [0.15, 0.2) is 11.3 Å². The SMILES string of the molecule is CCCCCc1nc(C)c2c(=O)[nH]c(-c3cc(S(=O)(=O)N4CCC(=NOC)CC4)ccc3OCC)nn12. The van der Waals surface area contributed by atoms with Crippen molar-refractivity contribution in [2.24, 2.45) is 5.16 Å². The molecule has 3 aromatic rings. The summed E-state index contributed by atoms with van der Waals surface area (Å²) < 4.78 is 35.8. The van der Waals surface area contributed by atoms with Crippen molar-refractivity contribution >= 4 is 21.3 Å². The van der Waals surface area contributed by atoms with Crippen LogP contribution in [0.5, 0.6) is 5.75 Å². The van der Waals surface area contributed by atoms with Crippen molar-refractivity contribution < 1.29 is 18.0 Å². The van der Waals surface area contributed by atoms with Crippen LogP contribution in [0.2, 0.25) is 0 Å². The van der Waals surface area contributed by atoms with E-state index in [2.05, 4.69) is 22.0 Å². The van der Waals surface area contributed by atoms with Crippen LogP contribution >= 0.6 is 0 Å². The lowest BCUT2D eigenvalue weighted by atomic mass is 10.1. The van der Waals surface area contributed by atoms with Gasteiger partial charge in [-0.1, -0.05) is 24.9 Å². The van der Waals surface area contributed by atoms with Crippen molar-refractivity contribution in [2.75, 3.05) is 26.8 Å². The molecule has 4 rings (SSSR count). The number of sulfonamides is 1. The van der Waals surface area contributed by atoms with Crippen molar-refractivity contribution in [3.8, 4) is 17.1 Å². The molecule has 1 saturated heterocycles. The van der Waals surface area contributed by atoms with E-state index < -0.39 is 10.0 Å². The van der Waals surface area contributed by atoms with E-state index in [4.69, 9.17) is 14.7 Å². The van der Waals surface area contributed by atoms with Crippen molar-refractivity contribution in [2.45, 2.75) is 64.2 Å². The summed E-state index contributed by atoms with van der Waals surface area (Å²) >= 11 is 0. The van der Waals surface area contributed by atoms with Gasteiger partial charge in [0.05, 0.1) is 28.5 Å². The summed E-state index contributed by atoms with van der Waals surface area (Å²) in [5.74, 6) is 1.36. The first-order valence-electron chi connectivity index (χ1n) is 12.6. The quantitative estimate of drug-likeness (QED) is 0.314. The Hall–Kier alpha value is -3.25. The van der Waals surface area contributed by atoms with E-state index in [0.29, 0.717) is 67.3 Å². The summed E-state index contributed by atoms with van der Waals surface area (Å²) in [6.45, 7) is 6.74. The van der Waals surface area contributed by atoms with E-state index in [9.17, 15) is 13.2 Å². The Bertz CT molecular complexity index is 1450. The van der Waals surface area contributed by atoms with Gasteiger partial charge in [-0.2, -0.15) is 4.31 Å². The third kappa shape index (κ3) is 5.54. The van der Waals surface area contributed by atoms with Gasteiger partial charge in [-0.3, -0.25) is 4.79 Å². The van der Waals surface area contributed by atoms with Crippen LogP contribution in [0, 0.1) is 6.92 Å². The smallest absolute Gasteiger partial charge is 0.277 e. The molecule has 2 aromatic heterocycles. The molecular weight excluding hydrogens is 496 g/mol. The second kappa shape index (κ2) is 11.4. The third-order valence-corrected chi connectivity index (χ3v) is 8.31. The molecule has 200 valence electrons. The first kappa shape index (κ1) is 26.8. The van der Waals surface area contributed by atoms with Crippen molar-refractivity contribution in [3.63, 3.8) is 0 Å². The maximum absolute atomic E-state index is 13.5. The fraction of sp³-hybridized carbons (Fsp3) is 0.520. The first-order valence-corrected chi connectivity index (χ1v) is 14.1. The Labute approximate surface area is 216 Å². The van der Waals surface area contributed by atoms with E-state index in [1.165, 1.54) is 23.5 Å². The number of rotatable bonds is 10. The van der Waals surface area contributed by atoms with Crippen molar-refractivity contribution in [1.82, 2.24) is 23.9 Å². The summed E-state index contributed by atoms with van der Waals surface area (Å²) in [6, 6.07) is 4.65. The number of H-pyrrole nitrogens is 1. The Kier molecular flexibility index (Phi) is 8.28. The lowest BCUT2D eigenvalue weighted by Gasteiger charge is -2.27. The molecule has 1 aliphatic rings. The first-order chi connectivity index (χ1) is 17.8. The molecule has 3 heterocycles. The number of ether oxygens (including phenoxy) is 1. The number of nitrogens with zero attached hydrogens (tertiary/aromatic N) is 5. The Balaban J connectivity index is 1.77. The zero-order valence-corrected chi connectivity index (χ0v) is 22.6. The highest BCUT2D eigenvalue weighted by Gasteiger charge is 2.29. The minimum atomic E-state index is -3.79. The van der Waals surface area contributed by atoms with Gasteiger partial charge in [0.25, 0.3) is 5.56 Å². The molecule has 0 atom stereocenters. The fourth-order valence-corrected chi connectivity index (χ4v) is 6.01. The number of oxime groups is 1. The molecule has 0 aliphatic carbocycles. The zero-order chi connectivity index (χ0) is 26.6. The summed E-state index contributed by atoms with van der Waals surface area (Å²) in [6.07, 6.45) is 4.75. The van der Waals surface area contributed by atoms with Crippen LogP contribution < -0.4 is 10.3 Å². The molecule has 12 heteroatoms. The molecule has 1 aliphatic heterocycles. The average molecular weight is 531 g/mol.